The lowest BCUT2D eigenvalue weighted by molar-refractivity contribution is 0.282. The van der Waals surface area contributed by atoms with Crippen LogP contribution in [0.3, 0.4) is 0 Å². The van der Waals surface area contributed by atoms with Gasteiger partial charge in [0.2, 0.25) is 0 Å². The van der Waals surface area contributed by atoms with E-state index < -0.39 is 6.67 Å². The second-order valence-electron chi connectivity index (χ2n) is 8.86. The van der Waals surface area contributed by atoms with Crippen molar-refractivity contribution in [3.63, 3.8) is 0 Å². The van der Waals surface area contributed by atoms with Crippen molar-refractivity contribution in [3.05, 3.63) is 58.9 Å². The molecule has 34 heavy (non-hydrogen) atoms. The highest BCUT2D eigenvalue weighted by atomic mass is 19.1. The zero-order chi connectivity index (χ0) is 23.5. The maximum Gasteiger partial charge on any atom is 0.350 e. The van der Waals surface area contributed by atoms with Crippen molar-refractivity contribution >= 4 is 11.5 Å². The van der Waals surface area contributed by atoms with Crippen LogP contribution in [0.4, 0.5) is 15.9 Å². The Balaban J connectivity index is 1.31. The molecule has 1 aliphatic heterocycles. The molecular formula is C25H29FN6O2. The fourth-order valence-corrected chi connectivity index (χ4v) is 4.66. The third-order valence-corrected chi connectivity index (χ3v) is 6.57. The largest absolute Gasteiger partial charge is 0.450 e. The highest BCUT2D eigenvalue weighted by Crippen LogP contribution is 2.42. The van der Waals surface area contributed by atoms with Gasteiger partial charge in [-0.15, -0.1) is 0 Å². The first-order valence-corrected chi connectivity index (χ1v) is 11.8. The van der Waals surface area contributed by atoms with Crippen molar-refractivity contribution in [2.24, 2.45) is 5.73 Å². The van der Waals surface area contributed by atoms with Gasteiger partial charge in [-0.25, -0.2) is 9.18 Å². The quantitative estimate of drug-likeness (QED) is 0.354. The third kappa shape index (κ3) is 4.67. The Kier molecular flexibility index (Phi) is 6.55. The Bertz CT molecular complexity index is 1210. The summed E-state index contributed by atoms with van der Waals surface area (Å²) in [6.07, 6.45) is 8.28. The van der Waals surface area contributed by atoms with E-state index in [-0.39, 0.29) is 11.7 Å². The van der Waals surface area contributed by atoms with E-state index in [1.165, 1.54) is 0 Å². The molecule has 2 aromatic heterocycles. The summed E-state index contributed by atoms with van der Waals surface area (Å²) in [5.74, 6) is 1.61. The Morgan fingerprint density at radius 2 is 1.97 bits per heavy atom. The number of rotatable bonds is 7. The molecule has 0 unspecified atom stereocenters. The van der Waals surface area contributed by atoms with E-state index in [0.29, 0.717) is 41.3 Å². The lowest BCUT2D eigenvalue weighted by atomic mass is 9.91. The molecule has 178 valence electrons. The number of fused-ring (bicyclic) bond motifs is 2. The number of nitrogens with one attached hydrogen (secondary N) is 2. The smallest absolute Gasteiger partial charge is 0.350 e. The van der Waals surface area contributed by atoms with Gasteiger partial charge in [-0.1, -0.05) is 12.1 Å². The molecule has 2 aliphatic rings. The number of hydrogen-bond acceptors (Lipinski definition) is 7. The van der Waals surface area contributed by atoms with Crippen LogP contribution in [0.1, 0.15) is 43.8 Å². The van der Waals surface area contributed by atoms with Gasteiger partial charge in [-0.3, -0.25) is 9.55 Å². The van der Waals surface area contributed by atoms with Crippen LogP contribution in [0.5, 0.6) is 11.5 Å². The summed E-state index contributed by atoms with van der Waals surface area (Å²) in [6.45, 7) is 1.04. The molecule has 0 radical (unpaired) electrons. The molecule has 9 heteroatoms. The molecule has 1 fully saturated rings. The Labute approximate surface area is 197 Å². The molecule has 0 atom stereocenters. The first-order chi connectivity index (χ1) is 16.6. The number of pyridine rings is 1. The van der Waals surface area contributed by atoms with Crippen molar-refractivity contribution in [2.75, 3.05) is 18.4 Å². The van der Waals surface area contributed by atoms with Gasteiger partial charge in [0.25, 0.3) is 0 Å². The van der Waals surface area contributed by atoms with E-state index in [9.17, 15) is 9.18 Å². The van der Waals surface area contributed by atoms with E-state index in [2.05, 4.69) is 20.6 Å². The van der Waals surface area contributed by atoms with Gasteiger partial charge in [0.15, 0.2) is 17.3 Å². The van der Waals surface area contributed by atoms with E-state index in [1.807, 2.05) is 24.3 Å². The maximum atomic E-state index is 12.8. The zero-order valence-corrected chi connectivity index (χ0v) is 19.0. The van der Waals surface area contributed by atoms with E-state index in [0.717, 1.165) is 49.8 Å². The van der Waals surface area contributed by atoms with Crippen molar-refractivity contribution < 1.29 is 9.13 Å². The van der Waals surface area contributed by atoms with Gasteiger partial charge >= 0.3 is 5.69 Å². The zero-order valence-electron chi connectivity index (χ0n) is 19.0. The van der Waals surface area contributed by atoms with E-state index in [1.54, 1.807) is 23.0 Å². The van der Waals surface area contributed by atoms with E-state index >= 15 is 0 Å². The van der Waals surface area contributed by atoms with Crippen LogP contribution < -0.4 is 26.8 Å². The van der Waals surface area contributed by atoms with Crippen molar-refractivity contribution in [2.45, 2.75) is 50.9 Å². The standard InChI is InChI=1S/C25H29FN6O2/c26-13-19-4-2-17(14-29-19)16-3-9-22-21(12-16)30-24-23(34-22)15-32(25(33)31-24)20-7-5-18(6-8-20)28-11-1-10-27/h2-4,9,12,14-15,18,20,28H,1,5-8,10-11,13,27H2,(H,30,31,33). The maximum absolute atomic E-state index is 12.8. The average molecular weight is 465 g/mol. The van der Waals surface area contributed by atoms with Gasteiger partial charge in [-0.2, -0.15) is 4.98 Å². The van der Waals surface area contributed by atoms with Gasteiger partial charge in [0, 0.05) is 23.8 Å². The normalized spacial score (nSPS) is 19.0. The van der Waals surface area contributed by atoms with Crippen LogP contribution in [-0.2, 0) is 6.67 Å². The highest BCUT2D eigenvalue weighted by molar-refractivity contribution is 5.78. The number of nitrogens with zero attached hydrogens (tertiary/aromatic N) is 3. The van der Waals surface area contributed by atoms with Crippen LogP contribution >= 0.6 is 0 Å². The Morgan fingerprint density at radius 1 is 1.15 bits per heavy atom. The monoisotopic (exact) mass is 464 g/mol. The van der Waals surface area contributed by atoms with Crippen molar-refractivity contribution in [1.29, 1.82) is 0 Å². The van der Waals surface area contributed by atoms with Crippen LogP contribution in [0, 0.1) is 0 Å². The fraction of sp³-hybridized carbons (Fsp3) is 0.400. The lowest BCUT2D eigenvalue weighted by Gasteiger charge is -2.31. The molecule has 5 rings (SSSR count). The average Bonchev–Trinajstić information content (AvgIpc) is 2.87. The fourth-order valence-electron chi connectivity index (χ4n) is 4.66. The minimum Gasteiger partial charge on any atom is -0.450 e. The summed E-state index contributed by atoms with van der Waals surface area (Å²) < 4.78 is 20.6. The van der Waals surface area contributed by atoms with Crippen LogP contribution in [0.15, 0.2) is 47.5 Å². The van der Waals surface area contributed by atoms with Crippen LogP contribution in [0.2, 0.25) is 0 Å². The first-order valence-electron chi connectivity index (χ1n) is 11.8. The number of halogens is 1. The minimum atomic E-state index is -0.590. The summed E-state index contributed by atoms with van der Waals surface area (Å²) in [7, 11) is 0. The summed E-state index contributed by atoms with van der Waals surface area (Å²) in [5, 5.41) is 6.78. The number of benzene rings is 1. The first kappa shape index (κ1) is 22.5. The summed E-state index contributed by atoms with van der Waals surface area (Å²) in [5.41, 5.74) is 8.18. The molecule has 0 bridgehead atoms. The molecule has 1 aromatic carbocycles. The molecule has 8 nitrogen and oxygen atoms in total. The molecule has 0 saturated heterocycles. The third-order valence-electron chi connectivity index (χ3n) is 6.57. The molecule has 1 aliphatic carbocycles. The predicted molar refractivity (Wildman–Crippen MR) is 129 cm³/mol. The lowest BCUT2D eigenvalue weighted by Crippen LogP contribution is -2.37. The molecule has 1 saturated carbocycles. The van der Waals surface area contributed by atoms with Gasteiger partial charge in [0.1, 0.15) is 6.67 Å². The highest BCUT2D eigenvalue weighted by Gasteiger charge is 2.26. The molecule has 3 aromatic rings. The number of aromatic nitrogens is 3. The molecule has 0 amide bonds. The molecule has 4 N–H and O–H groups in total. The van der Waals surface area contributed by atoms with Gasteiger partial charge in [0.05, 0.1) is 17.6 Å². The predicted octanol–water partition coefficient (Wildman–Crippen LogP) is 4.05. The number of nitrogens with two attached hydrogens (primary N) is 1. The number of hydrogen-bond donors (Lipinski definition) is 3. The Hall–Kier alpha value is -3.30. The minimum absolute atomic E-state index is 0.116. The van der Waals surface area contributed by atoms with Crippen LogP contribution in [-0.4, -0.2) is 33.7 Å². The molecular weight excluding hydrogens is 435 g/mol. The topological polar surface area (TPSA) is 107 Å². The second-order valence-corrected chi connectivity index (χ2v) is 8.86. The SMILES string of the molecule is NCCCNC1CCC(n2cc3c(nc2=O)Nc2cc(-c4ccc(CF)nc4)ccc2O3)CC1. The summed E-state index contributed by atoms with van der Waals surface area (Å²) in [6, 6.07) is 9.81. The number of ether oxygens (including phenoxy) is 1. The van der Waals surface area contributed by atoms with Gasteiger partial charge < -0.3 is 21.1 Å². The van der Waals surface area contributed by atoms with Crippen molar-refractivity contribution in [1.82, 2.24) is 19.9 Å². The van der Waals surface area contributed by atoms with Crippen LogP contribution in [0.25, 0.3) is 11.1 Å². The van der Waals surface area contributed by atoms with Crippen molar-refractivity contribution in [3.8, 4) is 22.6 Å². The second kappa shape index (κ2) is 9.90. The molecule has 0 spiro atoms. The Morgan fingerprint density at radius 3 is 2.71 bits per heavy atom. The summed E-state index contributed by atoms with van der Waals surface area (Å²) >= 11 is 0. The van der Waals surface area contributed by atoms with Gasteiger partial charge in [-0.05, 0) is 69.0 Å². The number of alkyl halides is 1. The number of anilines is 2. The molecule has 3 heterocycles. The van der Waals surface area contributed by atoms with E-state index in [4.69, 9.17) is 10.5 Å². The summed E-state index contributed by atoms with van der Waals surface area (Å²) in [4.78, 5) is 21.2.